The molecule has 32 heavy (non-hydrogen) atoms. The number of anilines is 1. The molecule has 1 N–H and O–H groups in total. The Kier molecular flexibility index (Phi) is 8.77. The molecule has 4 rings (SSSR count). The van der Waals surface area contributed by atoms with Gasteiger partial charge in [-0.2, -0.15) is 0 Å². The summed E-state index contributed by atoms with van der Waals surface area (Å²) in [5, 5.41) is 7.28. The van der Waals surface area contributed by atoms with Crippen LogP contribution in [0.2, 0.25) is 0 Å². The molecule has 2 aliphatic rings. The summed E-state index contributed by atoms with van der Waals surface area (Å²) in [6.07, 6.45) is 2.36. The van der Waals surface area contributed by atoms with Crippen molar-refractivity contribution >= 4 is 45.6 Å². The van der Waals surface area contributed by atoms with E-state index in [0.29, 0.717) is 6.54 Å². The fraction of sp³-hybridized carbons (Fsp3) is 0.524. The van der Waals surface area contributed by atoms with Gasteiger partial charge in [0.2, 0.25) is 10.0 Å². The molecule has 9 nitrogen and oxygen atoms in total. The predicted molar refractivity (Wildman–Crippen MR) is 136 cm³/mol. The first-order chi connectivity index (χ1) is 15.1. The summed E-state index contributed by atoms with van der Waals surface area (Å²) < 4.78 is 32.3. The number of piperazine rings is 1. The zero-order valence-corrected chi connectivity index (χ0v) is 21.5. The lowest BCUT2D eigenvalue weighted by molar-refractivity contribution is 0.169. The highest BCUT2D eigenvalue weighted by Gasteiger charge is 2.29. The zero-order chi connectivity index (χ0) is 21.7. The Balaban J connectivity index is 0.00000289. The molecule has 2 aromatic rings. The molecule has 1 aromatic heterocycles. The summed E-state index contributed by atoms with van der Waals surface area (Å²) in [5.74, 6) is 0.781. The lowest BCUT2D eigenvalue weighted by Crippen LogP contribution is -2.52. The minimum atomic E-state index is -3.40. The van der Waals surface area contributed by atoms with Crippen molar-refractivity contribution in [3.8, 4) is 0 Å². The lowest BCUT2D eigenvalue weighted by atomic mass is 10.2. The number of sulfonamides is 1. The van der Waals surface area contributed by atoms with Crippen molar-refractivity contribution in [2.75, 3.05) is 55.9 Å². The molecule has 1 aromatic carbocycles. The summed E-state index contributed by atoms with van der Waals surface area (Å²) in [4.78, 5) is 9.15. The van der Waals surface area contributed by atoms with Crippen LogP contribution in [0.15, 0.2) is 46.1 Å². The summed E-state index contributed by atoms with van der Waals surface area (Å²) in [6.45, 7) is 7.72. The minimum absolute atomic E-state index is 0. The fourth-order valence-corrected chi connectivity index (χ4v) is 5.46. The lowest BCUT2D eigenvalue weighted by Gasteiger charge is -2.36. The van der Waals surface area contributed by atoms with Crippen molar-refractivity contribution in [3.05, 3.63) is 47.9 Å². The molecule has 2 aliphatic heterocycles. The number of aliphatic imine (C=N–C) groups is 1. The van der Waals surface area contributed by atoms with E-state index in [4.69, 9.17) is 4.52 Å². The van der Waals surface area contributed by atoms with Crippen molar-refractivity contribution < 1.29 is 12.9 Å². The Bertz CT molecular complexity index is 991. The second kappa shape index (κ2) is 11.3. The number of hydrogen-bond donors (Lipinski definition) is 1. The average molecular weight is 574 g/mol. The molecule has 0 saturated carbocycles. The van der Waals surface area contributed by atoms with Gasteiger partial charge in [0.1, 0.15) is 6.26 Å². The highest BCUT2D eigenvalue weighted by Crippen LogP contribution is 2.29. The number of nitrogens with zero attached hydrogens (tertiary/aromatic N) is 5. The zero-order valence-electron chi connectivity index (χ0n) is 18.3. The van der Waals surface area contributed by atoms with Crippen molar-refractivity contribution in [2.45, 2.75) is 19.9 Å². The maximum Gasteiger partial charge on any atom is 0.237 e. The van der Waals surface area contributed by atoms with E-state index in [9.17, 15) is 8.42 Å². The third-order valence-electron chi connectivity index (χ3n) is 5.67. The van der Waals surface area contributed by atoms with Gasteiger partial charge in [0.15, 0.2) is 5.96 Å². The fourth-order valence-electron chi connectivity index (χ4n) is 4.07. The van der Waals surface area contributed by atoms with Gasteiger partial charge in [-0.25, -0.2) is 8.42 Å². The van der Waals surface area contributed by atoms with Crippen LogP contribution in [0, 0.1) is 0 Å². The normalized spacial score (nSPS) is 17.2. The van der Waals surface area contributed by atoms with E-state index < -0.39 is 10.0 Å². The van der Waals surface area contributed by atoms with Crippen LogP contribution in [-0.4, -0.2) is 80.9 Å². The van der Waals surface area contributed by atoms with Gasteiger partial charge in [-0.15, -0.1) is 24.0 Å². The molecule has 176 valence electrons. The van der Waals surface area contributed by atoms with E-state index >= 15 is 0 Å². The summed E-state index contributed by atoms with van der Waals surface area (Å²) in [6, 6.07) is 9.60. The molecule has 0 spiro atoms. The highest BCUT2D eigenvalue weighted by molar-refractivity contribution is 14.0. The van der Waals surface area contributed by atoms with Crippen LogP contribution in [0.1, 0.15) is 18.2 Å². The molecular formula is C21H31IN6O3S. The molecular weight excluding hydrogens is 543 g/mol. The van der Waals surface area contributed by atoms with E-state index in [2.05, 4.69) is 25.3 Å². The Labute approximate surface area is 206 Å². The minimum Gasteiger partial charge on any atom is -0.364 e. The third kappa shape index (κ3) is 5.93. The molecule has 0 aliphatic carbocycles. The van der Waals surface area contributed by atoms with Crippen LogP contribution >= 0.6 is 24.0 Å². The number of fused-ring (bicyclic) bond motifs is 1. The van der Waals surface area contributed by atoms with E-state index in [1.807, 2.05) is 37.3 Å². The first kappa shape index (κ1) is 24.8. The number of benzene rings is 1. The van der Waals surface area contributed by atoms with Crippen molar-refractivity contribution in [1.29, 1.82) is 0 Å². The number of rotatable bonds is 7. The Hall–Kier alpha value is -1.86. The summed E-state index contributed by atoms with van der Waals surface area (Å²) in [5.41, 5.74) is 2.83. The van der Waals surface area contributed by atoms with Crippen molar-refractivity contribution in [1.82, 2.24) is 20.3 Å². The largest absolute Gasteiger partial charge is 0.364 e. The molecule has 1 fully saturated rings. The van der Waals surface area contributed by atoms with Gasteiger partial charge in [-0.1, -0.05) is 23.4 Å². The van der Waals surface area contributed by atoms with Gasteiger partial charge in [-0.3, -0.25) is 14.2 Å². The van der Waals surface area contributed by atoms with Gasteiger partial charge < -0.3 is 14.7 Å². The first-order valence-corrected chi connectivity index (χ1v) is 12.4. The standard InChI is InChI=1S/C21H30N6O3S.HI/c1-2-22-21(26-13-11-25(12-14-26)17-19-8-15-30-24-19)23-9-16-31(28,29)27-10-7-18-5-3-4-6-20(18)27;/h3-6,8,15H,2,7,9-14,16-17H2,1H3,(H,22,23);1H. The van der Waals surface area contributed by atoms with Crippen LogP contribution in [0.5, 0.6) is 0 Å². The smallest absolute Gasteiger partial charge is 0.237 e. The van der Waals surface area contributed by atoms with Crippen molar-refractivity contribution in [2.24, 2.45) is 4.99 Å². The van der Waals surface area contributed by atoms with Crippen LogP contribution in [0.4, 0.5) is 5.69 Å². The number of para-hydroxylation sites is 1. The molecule has 0 unspecified atom stereocenters. The second-order valence-corrected chi connectivity index (χ2v) is 9.77. The molecule has 0 radical (unpaired) electrons. The number of hydrogen-bond acceptors (Lipinski definition) is 6. The van der Waals surface area contributed by atoms with Gasteiger partial charge in [-0.05, 0) is 25.0 Å². The van der Waals surface area contributed by atoms with Crippen molar-refractivity contribution in [3.63, 3.8) is 0 Å². The maximum absolute atomic E-state index is 12.9. The molecule has 0 bridgehead atoms. The summed E-state index contributed by atoms with van der Waals surface area (Å²) in [7, 11) is -3.40. The monoisotopic (exact) mass is 574 g/mol. The van der Waals surface area contributed by atoms with Crippen LogP contribution in [0.3, 0.4) is 0 Å². The number of nitrogens with one attached hydrogen (secondary N) is 1. The summed E-state index contributed by atoms with van der Waals surface area (Å²) >= 11 is 0. The third-order valence-corrected chi connectivity index (χ3v) is 7.42. The van der Waals surface area contributed by atoms with E-state index in [0.717, 1.165) is 68.6 Å². The Morgan fingerprint density at radius 2 is 1.94 bits per heavy atom. The van der Waals surface area contributed by atoms with E-state index in [-0.39, 0.29) is 36.3 Å². The number of aromatic nitrogens is 1. The molecule has 3 heterocycles. The van der Waals surface area contributed by atoms with E-state index in [1.165, 1.54) is 4.31 Å². The second-order valence-electron chi connectivity index (χ2n) is 7.76. The average Bonchev–Trinajstić information content (AvgIpc) is 3.44. The highest BCUT2D eigenvalue weighted by atomic mass is 127. The molecule has 1 saturated heterocycles. The van der Waals surface area contributed by atoms with Crippen LogP contribution < -0.4 is 9.62 Å². The van der Waals surface area contributed by atoms with E-state index in [1.54, 1.807) is 6.26 Å². The van der Waals surface area contributed by atoms with Gasteiger partial charge >= 0.3 is 0 Å². The maximum atomic E-state index is 12.9. The molecule has 0 atom stereocenters. The van der Waals surface area contributed by atoms with Gasteiger partial charge in [0.25, 0.3) is 0 Å². The van der Waals surface area contributed by atoms with Crippen LogP contribution in [-0.2, 0) is 23.0 Å². The molecule has 0 amide bonds. The van der Waals surface area contributed by atoms with Crippen LogP contribution in [0.25, 0.3) is 0 Å². The first-order valence-electron chi connectivity index (χ1n) is 10.8. The Morgan fingerprint density at radius 1 is 1.16 bits per heavy atom. The van der Waals surface area contributed by atoms with Gasteiger partial charge in [0.05, 0.1) is 23.7 Å². The predicted octanol–water partition coefficient (Wildman–Crippen LogP) is 1.77. The SMILES string of the molecule is CCNC(=NCCS(=O)(=O)N1CCc2ccccc21)N1CCN(Cc2ccon2)CC1.I. The number of guanidine groups is 1. The topological polar surface area (TPSA) is 94.3 Å². The molecule has 11 heteroatoms. The number of halogens is 1. The Morgan fingerprint density at radius 3 is 2.66 bits per heavy atom. The quantitative estimate of drug-likeness (QED) is 0.306. The van der Waals surface area contributed by atoms with Gasteiger partial charge in [0, 0.05) is 51.9 Å².